The molecule has 0 heterocycles. The fraction of sp³-hybridized carbons (Fsp3) is 0.909. The monoisotopic (exact) mass is 261 g/mol. The highest BCUT2D eigenvalue weighted by Crippen LogP contribution is 2.25. The molecule has 0 aromatic heterocycles. The summed E-state index contributed by atoms with van der Waals surface area (Å²) in [6.45, 7) is 3.76. The molecule has 1 aliphatic carbocycles. The molecule has 14 heavy (non-hydrogen) atoms. The predicted octanol–water partition coefficient (Wildman–Crippen LogP) is 2.81. The number of amides is 1. The smallest absolute Gasteiger partial charge is 0.225 e. The van der Waals surface area contributed by atoms with Crippen LogP contribution in [-0.2, 0) is 4.79 Å². The summed E-state index contributed by atoms with van der Waals surface area (Å²) >= 11 is 3.39. The highest BCUT2D eigenvalue weighted by molar-refractivity contribution is 9.09. The molecule has 0 saturated heterocycles. The van der Waals surface area contributed by atoms with Gasteiger partial charge in [0.1, 0.15) is 0 Å². The zero-order valence-electron chi connectivity index (χ0n) is 8.97. The summed E-state index contributed by atoms with van der Waals surface area (Å²) < 4.78 is 0. The fourth-order valence-corrected chi connectivity index (χ4v) is 2.56. The first kappa shape index (κ1) is 12.0. The number of hydrogen-bond donors (Lipinski definition) is 0. The van der Waals surface area contributed by atoms with Gasteiger partial charge in [0.2, 0.25) is 5.91 Å². The van der Waals surface area contributed by atoms with Crippen LogP contribution in [0, 0.1) is 5.92 Å². The van der Waals surface area contributed by atoms with Crippen molar-refractivity contribution in [1.82, 2.24) is 4.90 Å². The molecule has 1 saturated carbocycles. The van der Waals surface area contributed by atoms with Gasteiger partial charge in [0.25, 0.3) is 0 Å². The molecule has 1 aliphatic rings. The Morgan fingerprint density at radius 1 is 1.36 bits per heavy atom. The van der Waals surface area contributed by atoms with Gasteiger partial charge in [-0.15, -0.1) is 0 Å². The molecule has 0 N–H and O–H groups in total. The molecular weight excluding hydrogens is 242 g/mol. The Labute approximate surface area is 95.2 Å². The van der Waals surface area contributed by atoms with Crippen molar-refractivity contribution in [2.45, 2.75) is 39.0 Å². The molecule has 0 atom stereocenters. The summed E-state index contributed by atoms with van der Waals surface area (Å²) in [4.78, 5) is 14.0. The van der Waals surface area contributed by atoms with Crippen molar-refractivity contribution in [3.63, 3.8) is 0 Å². The Hall–Kier alpha value is -0.0500. The maximum Gasteiger partial charge on any atom is 0.225 e. The van der Waals surface area contributed by atoms with Crippen molar-refractivity contribution < 1.29 is 4.79 Å². The van der Waals surface area contributed by atoms with Crippen LogP contribution >= 0.6 is 15.9 Å². The summed E-state index contributed by atoms with van der Waals surface area (Å²) in [6, 6.07) is 0. The minimum atomic E-state index is 0.322. The average Bonchev–Trinajstić information content (AvgIpc) is 2.26. The van der Waals surface area contributed by atoms with E-state index in [1.54, 1.807) is 0 Å². The van der Waals surface area contributed by atoms with Gasteiger partial charge in [0, 0.05) is 24.3 Å². The molecule has 0 radical (unpaired) electrons. The SMILES string of the molecule is CCN(CCBr)C(=O)C1CCCCC1. The van der Waals surface area contributed by atoms with E-state index < -0.39 is 0 Å². The summed E-state index contributed by atoms with van der Waals surface area (Å²) in [7, 11) is 0. The second-order valence-corrected chi connectivity index (χ2v) is 4.73. The Bertz CT molecular complexity index is 171. The molecule has 0 unspecified atom stereocenters. The van der Waals surface area contributed by atoms with Crippen molar-refractivity contribution in [2.75, 3.05) is 18.4 Å². The number of carbonyl (C=O) groups excluding carboxylic acids is 1. The van der Waals surface area contributed by atoms with E-state index in [1.165, 1.54) is 19.3 Å². The van der Waals surface area contributed by atoms with Crippen LogP contribution < -0.4 is 0 Å². The summed E-state index contributed by atoms with van der Waals surface area (Å²) in [5, 5.41) is 0.888. The Morgan fingerprint density at radius 2 is 2.00 bits per heavy atom. The van der Waals surface area contributed by atoms with E-state index in [1.807, 2.05) is 4.90 Å². The van der Waals surface area contributed by atoms with E-state index in [0.29, 0.717) is 11.8 Å². The quantitative estimate of drug-likeness (QED) is 0.713. The maximum atomic E-state index is 12.0. The first-order chi connectivity index (χ1) is 6.79. The van der Waals surface area contributed by atoms with Crippen molar-refractivity contribution >= 4 is 21.8 Å². The molecule has 0 aromatic carbocycles. The van der Waals surface area contributed by atoms with E-state index in [4.69, 9.17) is 0 Å². The fourth-order valence-electron chi connectivity index (χ4n) is 2.13. The summed E-state index contributed by atoms with van der Waals surface area (Å²) in [5.74, 6) is 0.703. The molecule has 0 bridgehead atoms. The first-order valence-corrected chi connectivity index (χ1v) is 6.76. The number of carbonyl (C=O) groups is 1. The van der Waals surface area contributed by atoms with Crippen LogP contribution in [0.3, 0.4) is 0 Å². The van der Waals surface area contributed by atoms with Gasteiger partial charge < -0.3 is 4.90 Å². The third-order valence-corrected chi connectivity index (χ3v) is 3.36. The second kappa shape index (κ2) is 6.44. The van der Waals surface area contributed by atoms with E-state index in [0.717, 1.165) is 31.3 Å². The zero-order chi connectivity index (χ0) is 10.4. The van der Waals surface area contributed by atoms with Crippen LogP contribution in [0.1, 0.15) is 39.0 Å². The lowest BCUT2D eigenvalue weighted by Crippen LogP contribution is -2.38. The van der Waals surface area contributed by atoms with Crippen molar-refractivity contribution in [3.05, 3.63) is 0 Å². The predicted molar refractivity (Wildman–Crippen MR) is 62.6 cm³/mol. The second-order valence-electron chi connectivity index (χ2n) is 3.94. The van der Waals surface area contributed by atoms with Crippen LogP contribution in [-0.4, -0.2) is 29.2 Å². The lowest BCUT2D eigenvalue weighted by Gasteiger charge is -2.27. The average molecular weight is 262 g/mol. The normalized spacial score (nSPS) is 18.1. The lowest BCUT2D eigenvalue weighted by atomic mass is 9.88. The van der Waals surface area contributed by atoms with E-state index in [-0.39, 0.29) is 0 Å². The van der Waals surface area contributed by atoms with Crippen LogP contribution in [0.2, 0.25) is 0 Å². The van der Waals surface area contributed by atoms with Gasteiger partial charge in [-0.2, -0.15) is 0 Å². The van der Waals surface area contributed by atoms with Crippen LogP contribution in [0.15, 0.2) is 0 Å². The van der Waals surface area contributed by atoms with E-state index in [2.05, 4.69) is 22.9 Å². The van der Waals surface area contributed by atoms with Gasteiger partial charge in [0.15, 0.2) is 0 Å². The van der Waals surface area contributed by atoms with Gasteiger partial charge in [-0.3, -0.25) is 4.79 Å². The third-order valence-electron chi connectivity index (χ3n) is 3.00. The number of alkyl halides is 1. The highest BCUT2D eigenvalue weighted by Gasteiger charge is 2.24. The van der Waals surface area contributed by atoms with Gasteiger partial charge in [-0.05, 0) is 19.8 Å². The maximum absolute atomic E-state index is 12.0. The Kier molecular flexibility index (Phi) is 5.53. The topological polar surface area (TPSA) is 20.3 Å². The minimum absolute atomic E-state index is 0.322. The van der Waals surface area contributed by atoms with Gasteiger partial charge in [0.05, 0.1) is 0 Å². The zero-order valence-corrected chi connectivity index (χ0v) is 10.6. The largest absolute Gasteiger partial charge is 0.342 e. The number of rotatable bonds is 4. The Morgan fingerprint density at radius 3 is 2.50 bits per heavy atom. The lowest BCUT2D eigenvalue weighted by molar-refractivity contribution is -0.136. The summed E-state index contributed by atoms with van der Waals surface area (Å²) in [6.07, 6.45) is 6.01. The number of nitrogens with zero attached hydrogens (tertiary/aromatic N) is 1. The van der Waals surface area contributed by atoms with Gasteiger partial charge in [-0.25, -0.2) is 0 Å². The van der Waals surface area contributed by atoms with Crippen molar-refractivity contribution in [3.8, 4) is 0 Å². The molecule has 0 aromatic rings. The molecule has 3 heteroatoms. The van der Waals surface area contributed by atoms with Crippen LogP contribution in [0.25, 0.3) is 0 Å². The molecule has 0 aliphatic heterocycles. The van der Waals surface area contributed by atoms with Crippen LogP contribution in [0.5, 0.6) is 0 Å². The first-order valence-electron chi connectivity index (χ1n) is 5.64. The van der Waals surface area contributed by atoms with E-state index >= 15 is 0 Å². The van der Waals surface area contributed by atoms with Gasteiger partial charge in [-0.1, -0.05) is 35.2 Å². The van der Waals surface area contributed by atoms with Crippen molar-refractivity contribution in [2.24, 2.45) is 5.92 Å². The van der Waals surface area contributed by atoms with E-state index in [9.17, 15) is 4.79 Å². The van der Waals surface area contributed by atoms with Crippen molar-refractivity contribution in [1.29, 1.82) is 0 Å². The van der Waals surface area contributed by atoms with Gasteiger partial charge >= 0.3 is 0 Å². The molecule has 1 rings (SSSR count). The summed E-state index contributed by atoms with van der Waals surface area (Å²) in [5.41, 5.74) is 0. The standard InChI is InChI=1S/C11H20BrNO/c1-2-13(9-8-12)11(14)10-6-4-3-5-7-10/h10H,2-9H2,1H3. The Balaban J connectivity index is 2.43. The minimum Gasteiger partial charge on any atom is -0.342 e. The molecule has 1 amide bonds. The molecular formula is C11H20BrNO. The molecule has 2 nitrogen and oxygen atoms in total. The third kappa shape index (κ3) is 3.26. The number of halogens is 1. The molecule has 0 spiro atoms. The molecule has 1 fully saturated rings. The number of hydrogen-bond acceptors (Lipinski definition) is 1. The van der Waals surface area contributed by atoms with Crippen LogP contribution in [0.4, 0.5) is 0 Å². The highest BCUT2D eigenvalue weighted by atomic mass is 79.9. The molecule has 82 valence electrons.